The highest BCUT2D eigenvalue weighted by molar-refractivity contribution is 7.18. The van der Waals surface area contributed by atoms with Crippen LogP contribution in [0.25, 0.3) is 21.0 Å². The molecule has 0 aliphatic heterocycles. The third-order valence-corrected chi connectivity index (χ3v) is 6.45. The van der Waals surface area contributed by atoms with Crippen molar-refractivity contribution in [3.8, 4) is 5.75 Å². The molecule has 0 aliphatic carbocycles. The number of nitrogens with zero attached hydrogens (tertiary/aromatic N) is 1. The maximum atomic E-state index is 14.8. The molecule has 164 valence electrons. The lowest BCUT2D eigenvalue weighted by Crippen LogP contribution is -2.51. The molecule has 0 fully saturated rings. The van der Waals surface area contributed by atoms with E-state index in [1.165, 1.54) is 18.3 Å². The summed E-state index contributed by atoms with van der Waals surface area (Å²) in [4.78, 5) is 29.2. The van der Waals surface area contributed by atoms with Gasteiger partial charge in [0, 0.05) is 10.8 Å². The molecule has 3 aromatic carbocycles. The van der Waals surface area contributed by atoms with Crippen LogP contribution in [-0.2, 0) is 11.4 Å². The smallest absolute Gasteiger partial charge is 0.329 e. The van der Waals surface area contributed by atoms with Crippen molar-refractivity contribution in [2.75, 3.05) is 0 Å². The van der Waals surface area contributed by atoms with Gasteiger partial charge < -0.3 is 15.2 Å². The second-order valence-electron chi connectivity index (χ2n) is 7.59. The largest absolute Gasteiger partial charge is 0.485 e. The molecule has 8 heteroatoms. The molecule has 0 saturated carbocycles. The zero-order valence-corrected chi connectivity index (χ0v) is 18.3. The summed E-state index contributed by atoms with van der Waals surface area (Å²) in [5, 5.41) is 13.5. The molecular weight excluding hydrogens is 431 g/mol. The second-order valence-corrected chi connectivity index (χ2v) is 8.70. The number of benzene rings is 3. The van der Waals surface area contributed by atoms with E-state index in [2.05, 4.69) is 10.3 Å². The van der Waals surface area contributed by atoms with Crippen LogP contribution >= 0.6 is 11.3 Å². The summed E-state index contributed by atoms with van der Waals surface area (Å²) in [5.41, 5.74) is -0.717. The first-order chi connectivity index (χ1) is 15.3. The molecule has 0 radical (unpaired) electrons. The highest BCUT2D eigenvalue weighted by Crippen LogP contribution is 2.34. The molecule has 2 N–H and O–H groups in total. The Bertz CT molecular complexity index is 1300. The number of thiazole rings is 1. The quantitative estimate of drug-likeness (QED) is 0.405. The highest BCUT2D eigenvalue weighted by Gasteiger charge is 2.34. The molecule has 0 aliphatic rings. The molecule has 32 heavy (non-hydrogen) atoms. The van der Waals surface area contributed by atoms with E-state index in [0.29, 0.717) is 15.8 Å². The van der Waals surface area contributed by atoms with Gasteiger partial charge in [-0.1, -0.05) is 43.3 Å². The third-order valence-electron chi connectivity index (χ3n) is 5.44. The molecule has 1 amide bonds. The number of carboxylic acids is 1. The molecule has 4 rings (SSSR count). The average Bonchev–Trinajstić information content (AvgIpc) is 3.21. The number of ether oxygens (including phenoxy) is 1. The van der Waals surface area contributed by atoms with Gasteiger partial charge in [-0.25, -0.2) is 14.2 Å². The number of amides is 1. The van der Waals surface area contributed by atoms with E-state index in [1.807, 2.05) is 24.3 Å². The van der Waals surface area contributed by atoms with Gasteiger partial charge in [0.15, 0.2) is 0 Å². The molecule has 0 saturated heterocycles. The number of nitrogens with one attached hydrogen (secondary N) is 1. The Balaban J connectivity index is 1.74. The number of fused-ring (bicyclic) bond motifs is 2. The van der Waals surface area contributed by atoms with Crippen molar-refractivity contribution < 1.29 is 23.8 Å². The monoisotopic (exact) mass is 452 g/mol. The summed E-state index contributed by atoms with van der Waals surface area (Å²) in [5.74, 6) is -2.30. The topological polar surface area (TPSA) is 88.5 Å². The fourth-order valence-electron chi connectivity index (χ4n) is 3.36. The molecule has 1 heterocycles. The Kier molecular flexibility index (Phi) is 5.80. The van der Waals surface area contributed by atoms with Crippen LogP contribution in [0, 0.1) is 5.82 Å². The predicted octanol–water partition coefficient (Wildman–Crippen LogP) is 5.15. The average molecular weight is 453 g/mol. The fourth-order valence-corrected chi connectivity index (χ4v) is 4.24. The number of carbonyl (C=O) groups is 2. The Morgan fingerprint density at radius 3 is 2.53 bits per heavy atom. The lowest BCUT2D eigenvalue weighted by Gasteiger charge is -2.25. The van der Waals surface area contributed by atoms with Gasteiger partial charge in [-0.05, 0) is 31.5 Å². The van der Waals surface area contributed by atoms with Crippen molar-refractivity contribution in [1.29, 1.82) is 0 Å². The first-order valence-electron chi connectivity index (χ1n) is 10.1. The summed E-state index contributed by atoms with van der Waals surface area (Å²) in [6.45, 7) is 3.14. The van der Waals surface area contributed by atoms with Crippen LogP contribution in [0.1, 0.15) is 35.6 Å². The Hall–Kier alpha value is -3.52. The van der Waals surface area contributed by atoms with Crippen molar-refractivity contribution in [2.24, 2.45) is 0 Å². The number of aliphatic carboxylic acids is 1. The molecule has 4 aromatic rings. The minimum atomic E-state index is -1.50. The zero-order chi connectivity index (χ0) is 22.9. The Morgan fingerprint density at radius 2 is 1.84 bits per heavy atom. The number of hydrogen-bond acceptors (Lipinski definition) is 5. The first-order valence-corrected chi connectivity index (χ1v) is 10.9. The number of hydrogen-bond donors (Lipinski definition) is 2. The van der Waals surface area contributed by atoms with E-state index < -0.39 is 23.2 Å². The van der Waals surface area contributed by atoms with Crippen molar-refractivity contribution >= 4 is 44.2 Å². The van der Waals surface area contributed by atoms with Gasteiger partial charge in [0.05, 0.1) is 15.8 Å². The predicted molar refractivity (Wildman–Crippen MR) is 122 cm³/mol. The lowest BCUT2D eigenvalue weighted by molar-refractivity contribution is -0.143. The molecule has 1 atom stereocenters. The standard InChI is InChI=1S/C24H21FN2O4S/c1-3-24(2,23(29)30)27-22(28)16-12-17(25)14-8-4-5-9-15(14)21(16)31-13-20-26-18-10-6-7-11-19(18)32-20/h4-12H,3,13H2,1-2H3,(H,27,28)(H,29,30)/t24-/m0/s1. The minimum absolute atomic E-state index is 0.0664. The van der Waals surface area contributed by atoms with Crippen LogP contribution in [0.3, 0.4) is 0 Å². The van der Waals surface area contributed by atoms with Gasteiger partial charge in [-0.15, -0.1) is 11.3 Å². The Morgan fingerprint density at radius 1 is 1.16 bits per heavy atom. The van der Waals surface area contributed by atoms with E-state index >= 15 is 0 Å². The molecule has 0 spiro atoms. The number of carbonyl (C=O) groups excluding carboxylic acids is 1. The number of halogens is 1. The van der Waals surface area contributed by atoms with E-state index in [9.17, 15) is 19.1 Å². The Labute approximate surface area is 187 Å². The van der Waals surface area contributed by atoms with Crippen LogP contribution in [0.5, 0.6) is 5.75 Å². The minimum Gasteiger partial charge on any atom is -0.485 e. The normalized spacial score (nSPS) is 13.1. The van der Waals surface area contributed by atoms with Crippen LogP contribution in [0.15, 0.2) is 54.6 Å². The van der Waals surface area contributed by atoms with Crippen LogP contribution in [-0.4, -0.2) is 27.5 Å². The van der Waals surface area contributed by atoms with Gasteiger partial charge in [0.2, 0.25) is 0 Å². The number of para-hydroxylation sites is 1. The number of carboxylic acid groups (broad SMARTS) is 1. The summed E-state index contributed by atoms with van der Waals surface area (Å²) < 4.78 is 21.8. The SMILES string of the molecule is CC[C@](C)(NC(=O)c1cc(F)c2ccccc2c1OCc1nc2ccccc2s1)C(=O)O. The lowest BCUT2D eigenvalue weighted by atomic mass is 9.97. The third kappa shape index (κ3) is 4.01. The van der Waals surface area contributed by atoms with Gasteiger partial charge in [0.1, 0.15) is 28.7 Å². The number of rotatable bonds is 7. The summed E-state index contributed by atoms with van der Waals surface area (Å²) in [7, 11) is 0. The van der Waals surface area contributed by atoms with Crippen molar-refractivity contribution in [1.82, 2.24) is 10.3 Å². The maximum absolute atomic E-state index is 14.8. The van der Waals surface area contributed by atoms with Crippen molar-refractivity contribution in [3.63, 3.8) is 0 Å². The molecule has 6 nitrogen and oxygen atoms in total. The summed E-state index contributed by atoms with van der Waals surface area (Å²) >= 11 is 1.47. The number of aromatic nitrogens is 1. The molecule has 0 bridgehead atoms. The van der Waals surface area contributed by atoms with Crippen molar-refractivity contribution in [3.05, 3.63) is 71.0 Å². The summed E-state index contributed by atoms with van der Waals surface area (Å²) in [6.07, 6.45) is 0.159. The van der Waals surface area contributed by atoms with E-state index in [-0.39, 0.29) is 24.3 Å². The highest BCUT2D eigenvalue weighted by atomic mass is 32.1. The van der Waals surface area contributed by atoms with Gasteiger partial charge in [-0.2, -0.15) is 0 Å². The summed E-state index contributed by atoms with van der Waals surface area (Å²) in [6, 6.07) is 15.5. The second kappa shape index (κ2) is 8.55. The maximum Gasteiger partial charge on any atom is 0.329 e. The molecule has 0 unspecified atom stereocenters. The van der Waals surface area contributed by atoms with Gasteiger partial charge in [0.25, 0.3) is 5.91 Å². The van der Waals surface area contributed by atoms with E-state index in [0.717, 1.165) is 16.3 Å². The van der Waals surface area contributed by atoms with Crippen molar-refractivity contribution in [2.45, 2.75) is 32.4 Å². The fraction of sp³-hybridized carbons (Fsp3) is 0.208. The van der Waals surface area contributed by atoms with E-state index in [4.69, 9.17) is 4.74 Å². The zero-order valence-electron chi connectivity index (χ0n) is 17.5. The first kappa shape index (κ1) is 21.7. The molecule has 1 aromatic heterocycles. The van der Waals surface area contributed by atoms with Crippen LogP contribution in [0.4, 0.5) is 4.39 Å². The van der Waals surface area contributed by atoms with Gasteiger partial charge >= 0.3 is 5.97 Å². The van der Waals surface area contributed by atoms with Crippen LogP contribution in [0.2, 0.25) is 0 Å². The molecular formula is C24H21FN2O4S. The van der Waals surface area contributed by atoms with Crippen LogP contribution < -0.4 is 10.1 Å². The van der Waals surface area contributed by atoms with E-state index in [1.54, 1.807) is 31.2 Å². The van der Waals surface area contributed by atoms with Gasteiger partial charge in [-0.3, -0.25) is 4.79 Å².